The van der Waals surface area contributed by atoms with E-state index in [2.05, 4.69) is 16.5 Å². The molecule has 22 heavy (non-hydrogen) atoms. The first-order valence-corrected chi connectivity index (χ1v) is 9.30. The van der Waals surface area contributed by atoms with E-state index in [0.717, 1.165) is 25.9 Å². The van der Waals surface area contributed by atoms with Gasteiger partial charge in [-0.15, -0.1) is 0 Å². The van der Waals surface area contributed by atoms with Crippen LogP contribution in [0.4, 0.5) is 5.69 Å². The molecule has 1 heterocycles. The lowest BCUT2D eigenvalue weighted by Crippen LogP contribution is -2.48. The first-order chi connectivity index (χ1) is 10.3. The monoisotopic (exact) mass is 325 g/mol. The van der Waals surface area contributed by atoms with E-state index in [1.165, 1.54) is 0 Å². The fourth-order valence-electron chi connectivity index (χ4n) is 2.62. The van der Waals surface area contributed by atoms with Crippen molar-refractivity contribution < 1.29 is 13.2 Å². The average Bonchev–Trinajstić information content (AvgIpc) is 2.47. The summed E-state index contributed by atoms with van der Waals surface area (Å²) in [4.78, 5) is 16.8. The number of carbonyl (C=O) groups excluding carboxylic acids is 1. The summed E-state index contributed by atoms with van der Waals surface area (Å²) in [6, 6.07) is 5.12. The van der Waals surface area contributed by atoms with Crippen molar-refractivity contribution in [2.45, 2.75) is 13.8 Å². The number of nitrogens with one attached hydrogen (secondary N) is 1. The summed E-state index contributed by atoms with van der Waals surface area (Å²) in [7, 11) is -3.36. The highest BCUT2D eigenvalue weighted by atomic mass is 32.2. The topological polar surface area (TPSA) is 69.7 Å². The maximum atomic E-state index is 12.7. The van der Waals surface area contributed by atoms with Crippen LogP contribution in [0, 0.1) is 6.92 Å². The first-order valence-electron chi connectivity index (χ1n) is 7.41. The smallest absolute Gasteiger partial charge is 0.254 e. The van der Waals surface area contributed by atoms with Crippen LogP contribution in [-0.4, -0.2) is 63.1 Å². The number of hydrogen-bond acceptors (Lipinski definition) is 4. The number of rotatable bonds is 4. The van der Waals surface area contributed by atoms with E-state index in [9.17, 15) is 13.2 Å². The van der Waals surface area contributed by atoms with Crippen LogP contribution >= 0.6 is 0 Å². The van der Waals surface area contributed by atoms with Crippen molar-refractivity contribution in [2.24, 2.45) is 0 Å². The molecule has 1 aromatic rings. The van der Waals surface area contributed by atoms with Gasteiger partial charge in [-0.2, -0.15) is 0 Å². The number of nitrogens with zero attached hydrogens (tertiary/aromatic N) is 2. The number of piperazine rings is 1. The van der Waals surface area contributed by atoms with Crippen LogP contribution in [0.3, 0.4) is 0 Å². The number of benzene rings is 1. The van der Waals surface area contributed by atoms with Gasteiger partial charge >= 0.3 is 0 Å². The van der Waals surface area contributed by atoms with Crippen molar-refractivity contribution >= 4 is 21.6 Å². The lowest BCUT2D eigenvalue weighted by molar-refractivity contribution is 0.0642. The molecular weight excluding hydrogens is 302 g/mol. The molecular formula is C15H23N3O3S. The highest BCUT2D eigenvalue weighted by molar-refractivity contribution is 7.92. The van der Waals surface area contributed by atoms with Gasteiger partial charge in [0.05, 0.1) is 11.9 Å². The summed E-state index contributed by atoms with van der Waals surface area (Å²) in [6.45, 7) is 8.04. The van der Waals surface area contributed by atoms with Gasteiger partial charge < -0.3 is 9.80 Å². The molecule has 0 unspecified atom stereocenters. The van der Waals surface area contributed by atoms with Crippen molar-refractivity contribution in [2.75, 3.05) is 43.7 Å². The van der Waals surface area contributed by atoms with E-state index in [1.54, 1.807) is 25.1 Å². The summed E-state index contributed by atoms with van der Waals surface area (Å²) >= 11 is 0. The molecule has 2 rings (SSSR count). The van der Waals surface area contributed by atoms with Crippen LogP contribution in [-0.2, 0) is 10.0 Å². The van der Waals surface area contributed by atoms with Crippen molar-refractivity contribution in [1.29, 1.82) is 0 Å². The summed E-state index contributed by atoms with van der Waals surface area (Å²) in [5.41, 5.74) is 1.68. The lowest BCUT2D eigenvalue weighted by atomic mass is 10.1. The Bertz CT molecular complexity index is 650. The molecule has 1 aliphatic rings. The van der Waals surface area contributed by atoms with Crippen LogP contribution in [0.1, 0.15) is 22.8 Å². The maximum Gasteiger partial charge on any atom is 0.254 e. The van der Waals surface area contributed by atoms with E-state index in [1.807, 2.05) is 4.90 Å². The summed E-state index contributed by atoms with van der Waals surface area (Å²) in [5, 5.41) is 0. The Balaban J connectivity index is 2.18. The summed E-state index contributed by atoms with van der Waals surface area (Å²) in [5.74, 6) is -0.0367. The predicted molar refractivity (Wildman–Crippen MR) is 87.7 cm³/mol. The zero-order valence-corrected chi connectivity index (χ0v) is 14.1. The standard InChI is InChI=1S/C15H23N3O3S/c1-4-17-8-10-18(11-9-17)15(19)13-6-5-7-14(12(13)2)16-22(3,20)21/h5-7,16H,4,8-11H2,1-3H3. The normalized spacial score (nSPS) is 16.6. The SMILES string of the molecule is CCN1CCN(C(=O)c2cccc(NS(C)(=O)=O)c2C)CC1. The van der Waals surface area contributed by atoms with E-state index < -0.39 is 10.0 Å². The van der Waals surface area contributed by atoms with Gasteiger partial charge in [0.1, 0.15) is 0 Å². The molecule has 0 aromatic heterocycles. The van der Waals surface area contributed by atoms with Gasteiger partial charge in [-0.25, -0.2) is 8.42 Å². The van der Waals surface area contributed by atoms with Crippen LogP contribution < -0.4 is 4.72 Å². The third kappa shape index (κ3) is 3.98. The quantitative estimate of drug-likeness (QED) is 0.901. The lowest BCUT2D eigenvalue weighted by Gasteiger charge is -2.34. The van der Waals surface area contributed by atoms with Gasteiger partial charge in [0.15, 0.2) is 0 Å². The van der Waals surface area contributed by atoms with Crippen molar-refractivity contribution in [3.05, 3.63) is 29.3 Å². The minimum Gasteiger partial charge on any atom is -0.336 e. The molecule has 6 nitrogen and oxygen atoms in total. The van der Waals surface area contributed by atoms with Crippen LogP contribution in [0.15, 0.2) is 18.2 Å². The first kappa shape index (κ1) is 16.8. The second-order valence-corrected chi connectivity index (χ2v) is 7.33. The molecule has 1 amide bonds. The molecule has 0 atom stereocenters. The largest absolute Gasteiger partial charge is 0.336 e. The molecule has 122 valence electrons. The molecule has 7 heteroatoms. The second-order valence-electron chi connectivity index (χ2n) is 5.58. The third-order valence-corrected chi connectivity index (χ3v) is 4.56. The van der Waals surface area contributed by atoms with Gasteiger partial charge in [0, 0.05) is 31.7 Å². The Hall–Kier alpha value is -1.60. The number of carbonyl (C=O) groups is 1. The molecule has 1 aliphatic heterocycles. The molecule has 1 fully saturated rings. The van der Waals surface area contributed by atoms with E-state index in [0.29, 0.717) is 29.9 Å². The van der Waals surface area contributed by atoms with Gasteiger partial charge in [-0.3, -0.25) is 9.52 Å². The van der Waals surface area contributed by atoms with Crippen LogP contribution in [0.25, 0.3) is 0 Å². The second kappa shape index (κ2) is 6.66. The van der Waals surface area contributed by atoms with E-state index >= 15 is 0 Å². The molecule has 1 saturated heterocycles. The molecule has 0 bridgehead atoms. The minimum absolute atomic E-state index is 0.0367. The highest BCUT2D eigenvalue weighted by Crippen LogP contribution is 2.21. The van der Waals surface area contributed by atoms with E-state index in [4.69, 9.17) is 0 Å². The molecule has 0 saturated carbocycles. The number of hydrogen-bond donors (Lipinski definition) is 1. The fraction of sp³-hybridized carbons (Fsp3) is 0.533. The Morgan fingerprint density at radius 3 is 2.41 bits per heavy atom. The number of anilines is 1. The van der Waals surface area contributed by atoms with Crippen molar-refractivity contribution in [1.82, 2.24) is 9.80 Å². The zero-order valence-electron chi connectivity index (χ0n) is 13.3. The summed E-state index contributed by atoms with van der Waals surface area (Å²) < 4.78 is 25.2. The maximum absolute atomic E-state index is 12.7. The molecule has 1 aromatic carbocycles. The van der Waals surface area contributed by atoms with Gasteiger partial charge in [-0.1, -0.05) is 13.0 Å². The fourth-order valence-corrected chi connectivity index (χ4v) is 3.24. The summed E-state index contributed by atoms with van der Waals surface area (Å²) in [6.07, 6.45) is 1.10. The Morgan fingerprint density at radius 2 is 1.86 bits per heavy atom. The Labute approximate surface area is 132 Å². The predicted octanol–water partition coefficient (Wildman–Crippen LogP) is 1.14. The molecule has 0 radical (unpaired) electrons. The van der Waals surface area contributed by atoms with Gasteiger partial charge in [-0.05, 0) is 31.2 Å². The average molecular weight is 325 g/mol. The Kier molecular flexibility index (Phi) is 5.08. The highest BCUT2D eigenvalue weighted by Gasteiger charge is 2.23. The van der Waals surface area contributed by atoms with Gasteiger partial charge in [0.2, 0.25) is 10.0 Å². The third-order valence-electron chi connectivity index (χ3n) is 3.97. The number of amides is 1. The number of sulfonamides is 1. The zero-order chi connectivity index (χ0) is 16.3. The van der Waals surface area contributed by atoms with Crippen molar-refractivity contribution in [3.8, 4) is 0 Å². The molecule has 0 spiro atoms. The molecule has 0 aliphatic carbocycles. The van der Waals surface area contributed by atoms with E-state index in [-0.39, 0.29) is 5.91 Å². The minimum atomic E-state index is -3.36. The molecule has 1 N–H and O–H groups in total. The van der Waals surface area contributed by atoms with Crippen molar-refractivity contribution in [3.63, 3.8) is 0 Å². The van der Waals surface area contributed by atoms with Gasteiger partial charge in [0.25, 0.3) is 5.91 Å². The van der Waals surface area contributed by atoms with Crippen LogP contribution in [0.5, 0.6) is 0 Å². The number of likely N-dealkylation sites (N-methyl/N-ethyl adjacent to an activating group) is 1. The Morgan fingerprint density at radius 1 is 1.23 bits per heavy atom. The van der Waals surface area contributed by atoms with Crippen LogP contribution in [0.2, 0.25) is 0 Å².